The molecule has 1 N–H and O–H groups in total. The van der Waals surface area contributed by atoms with Crippen LogP contribution < -0.4 is 4.74 Å². The highest BCUT2D eigenvalue weighted by Gasteiger charge is 2.16. The summed E-state index contributed by atoms with van der Waals surface area (Å²) >= 11 is 5.37. The summed E-state index contributed by atoms with van der Waals surface area (Å²) in [5.41, 5.74) is 1.77. The Balaban J connectivity index is 2.58. The van der Waals surface area contributed by atoms with Gasteiger partial charge < -0.3 is 9.47 Å². The highest BCUT2D eigenvalue weighted by atomic mass is 32.1. The van der Waals surface area contributed by atoms with E-state index < -0.39 is 0 Å². The number of nitrogens with one attached hydrogen (secondary N) is 1. The molecule has 0 aliphatic carbocycles. The number of ether oxygens (including phenoxy) is 2. The monoisotopic (exact) mass is 317 g/mol. The average Bonchev–Trinajstić information content (AvgIpc) is 2.93. The van der Waals surface area contributed by atoms with Crippen molar-refractivity contribution in [2.75, 3.05) is 14.2 Å². The van der Waals surface area contributed by atoms with E-state index in [4.69, 9.17) is 21.7 Å². The van der Waals surface area contributed by atoms with E-state index in [2.05, 4.69) is 10.2 Å². The molecule has 5 nitrogen and oxygen atoms in total. The summed E-state index contributed by atoms with van der Waals surface area (Å²) in [5.74, 6) is 2.23. The lowest BCUT2D eigenvalue weighted by molar-refractivity contribution is 0.309. The summed E-state index contributed by atoms with van der Waals surface area (Å²) in [7, 11) is 3.27. The Morgan fingerprint density at radius 2 is 1.86 bits per heavy atom. The first-order valence-corrected chi connectivity index (χ1v) is 7.26. The Kier molecular flexibility index (Phi) is 5.16. The number of rotatable bonds is 5. The largest absolute Gasteiger partial charge is 0.497 e. The van der Waals surface area contributed by atoms with E-state index in [0.717, 1.165) is 22.8 Å². The molecule has 0 fully saturated rings. The number of nitrogens with zero attached hydrogens (tertiary/aromatic N) is 2. The minimum atomic E-state index is 0.520. The topological polar surface area (TPSA) is 52.1 Å². The number of aromatic amines is 1. The number of hydrogen-bond donors (Lipinski definition) is 1. The zero-order valence-corrected chi connectivity index (χ0v) is 13.9. The zero-order valence-electron chi connectivity index (χ0n) is 13.1. The average molecular weight is 317 g/mol. The van der Waals surface area contributed by atoms with Crippen molar-refractivity contribution in [2.45, 2.75) is 13.8 Å². The lowest BCUT2D eigenvalue weighted by Gasteiger charge is -2.12. The van der Waals surface area contributed by atoms with Crippen molar-refractivity contribution in [3.63, 3.8) is 0 Å². The molecule has 0 saturated carbocycles. The molecule has 116 valence electrons. The van der Waals surface area contributed by atoms with Gasteiger partial charge >= 0.3 is 0 Å². The second-order valence-electron chi connectivity index (χ2n) is 4.45. The maximum atomic E-state index is 5.42. The number of H-pyrrole nitrogens is 1. The highest BCUT2D eigenvalue weighted by molar-refractivity contribution is 7.71. The molecule has 1 heterocycles. The Bertz CT molecular complexity index is 754. The molecular weight excluding hydrogens is 298 g/mol. The molecule has 1 aromatic heterocycles. The van der Waals surface area contributed by atoms with Gasteiger partial charge in [-0.3, -0.25) is 9.67 Å². The maximum Gasteiger partial charge on any atom is 0.200 e. The standard InChI is InChI=1S/C16H19N3O2S/c1-5-13(14(6-2)21-4)15-17-18-16(22)19(15)11-7-9-12(20-3)10-8-11/h5-10H,1-4H3,(H,18,22)/b13-5+,14-6+. The smallest absolute Gasteiger partial charge is 0.200 e. The molecule has 2 aromatic rings. The van der Waals surface area contributed by atoms with E-state index in [0.29, 0.717) is 10.6 Å². The van der Waals surface area contributed by atoms with Crippen molar-refractivity contribution in [2.24, 2.45) is 0 Å². The van der Waals surface area contributed by atoms with Gasteiger partial charge in [0.05, 0.1) is 25.5 Å². The van der Waals surface area contributed by atoms with Gasteiger partial charge in [-0.2, -0.15) is 5.10 Å². The lowest BCUT2D eigenvalue weighted by atomic mass is 10.1. The van der Waals surface area contributed by atoms with Crippen LogP contribution in [0.3, 0.4) is 0 Å². The van der Waals surface area contributed by atoms with Gasteiger partial charge in [0.2, 0.25) is 0 Å². The molecule has 0 amide bonds. The molecule has 22 heavy (non-hydrogen) atoms. The normalized spacial score (nSPS) is 12.4. The van der Waals surface area contributed by atoms with Crippen molar-refractivity contribution < 1.29 is 9.47 Å². The van der Waals surface area contributed by atoms with E-state index in [9.17, 15) is 0 Å². The second kappa shape index (κ2) is 7.09. The lowest BCUT2D eigenvalue weighted by Crippen LogP contribution is -2.04. The predicted octanol–water partition coefficient (Wildman–Crippen LogP) is 3.89. The van der Waals surface area contributed by atoms with Crippen LogP contribution in [0.2, 0.25) is 0 Å². The van der Waals surface area contributed by atoms with Crippen LogP contribution in [0.15, 0.2) is 42.2 Å². The molecule has 1 aromatic carbocycles. The minimum absolute atomic E-state index is 0.520. The molecular formula is C16H19N3O2S. The van der Waals surface area contributed by atoms with E-state index in [1.54, 1.807) is 14.2 Å². The Morgan fingerprint density at radius 1 is 1.18 bits per heavy atom. The molecule has 0 unspecified atom stereocenters. The van der Waals surface area contributed by atoms with Gasteiger partial charge in [-0.15, -0.1) is 0 Å². The van der Waals surface area contributed by atoms with E-state index in [-0.39, 0.29) is 0 Å². The number of methoxy groups -OCH3 is 2. The van der Waals surface area contributed by atoms with Crippen LogP contribution in [0.4, 0.5) is 0 Å². The van der Waals surface area contributed by atoms with Gasteiger partial charge in [0.25, 0.3) is 0 Å². The molecule has 0 atom stereocenters. The van der Waals surface area contributed by atoms with Crippen LogP contribution in [-0.2, 0) is 4.74 Å². The van der Waals surface area contributed by atoms with Gasteiger partial charge in [0, 0.05) is 0 Å². The first kappa shape index (κ1) is 16.0. The van der Waals surface area contributed by atoms with Crippen LogP contribution in [0.1, 0.15) is 19.7 Å². The molecule has 0 aliphatic rings. The molecule has 0 saturated heterocycles. The quantitative estimate of drug-likeness (QED) is 0.516. The van der Waals surface area contributed by atoms with Crippen LogP contribution in [0.5, 0.6) is 5.75 Å². The molecule has 6 heteroatoms. The fourth-order valence-electron chi connectivity index (χ4n) is 2.21. The van der Waals surface area contributed by atoms with Gasteiger partial charge in [-0.05, 0) is 56.4 Å². The van der Waals surface area contributed by atoms with Crippen LogP contribution >= 0.6 is 12.2 Å². The van der Waals surface area contributed by atoms with E-state index in [1.165, 1.54) is 0 Å². The summed E-state index contributed by atoms with van der Waals surface area (Å²) in [5, 5.41) is 7.19. The number of allylic oxidation sites excluding steroid dienone is 3. The third kappa shape index (κ3) is 2.96. The van der Waals surface area contributed by atoms with Crippen molar-refractivity contribution in [3.8, 4) is 11.4 Å². The first-order chi connectivity index (χ1) is 10.7. The van der Waals surface area contributed by atoms with E-state index in [1.807, 2.05) is 54.8 Å². The third-order valence-corrected chi connectivity index (χ3v) is 3.55. The van der Waals surface area contributed by atoms with Gasteiger partial charge in [0.15, 0.2) is 10.6 Å². The summed E-state index contributed by atoms with van der Waals surface area (Å²) in [4.78, 5) is 0. The third-order valence-electron chi connectivity index (χ3n) is 3.28. The van der Waals surface area contributed by atoms with Gasteiger partial charge in [0.1, 0.15) is 11.5 Å². The maximum absolute atomic E-state index is 5.42. The van der Waals surface area contributed by atoms with Crippen LogP contribution in [0, 0.1) is 4.77 Å². The SMILES string of the molecule is C/C=C(\C(=C/C)OC)c1n[nH]c(=S)n1-c1ccc(OC)cc1. The fraction of sp³-hybridized carbons (Fsp3) is 0.250. The molecule has 0 aliphatic heterocycles. The number of hydrogen-bond acceptors (Lipinski definition) is 4. The second-order valence-corrected chi connectivity index (χ2v) is 4.83. The summed E-state index contributed by atoms with van der Waals surface area (Å²) in [6.07, 6.45) is 3.84. The van der Waals surface area contributed by atoms with Crippen LogP contribution in [0.25, 0.3) is 11.3 Å². The Morgan fingerprint density at radius 3 is 2.36 bits per heavy atom. The predicted molar refractivity (Wildman–Crippen MR) is 89.7 cm³/mol. The summed E-state index contributed by atoms with van der Waals surface area (Å²) < 4.78 is 13.0. The molecule has 0 radical (unpaired) electrons. The van der Waals surface area contributed by atoms with E-state index >= 15 is 0 Å². The van der Waals surface area contributed by atoms with Crippen LogP contribution in [-0.4, -0.2) is 29.0 Å². The van der Waals surface area contributed by atoms with Crippen molar-refractivity contribution in [1.29, 1.82) is 0 Å². The van der Waals surface area contributed by atoms with Gasteiger partial charge in [-0.25, -0.2) is 0 Å². The number of benzene rings is 1. The highest BCUT2D eigenvalue weighted by Crippen LogP contribution is 2.25. The molecule has 0 spiro atoms. The van der Waals surface area contributed by atoms with Crippen molar-refractivity contribution >= 4 is 17.8 Å². The molecule has 0 bridgehead atoms. The molecule has 2 rings (SSSR count). The van der Waals surface area contributed by atoms with Gasteiger partial charge in [-0.1, -0.05) is 6.08 Å². The number of aromatic nitrogens is 3. The summed E-state index contributed by atoms with van der Waals surface area (Å²) in [6.45, 7) is 3.86. The Labute approximate surface area is 134 Å². The minimum Gasteiger partial charge on any atom is -0.497 e. The Hall–Kier alpha value is -2.34. The zero-order chi connectivity index (χ0) is 16.1. The first-order valence-electron chi connectivity index (χ1n) is 6.85. The summed E-state index contributed by atoms with van der Waals surface area (Å²) in [6, 6.07) is 7.64. The van der Waals surface area contributed by atoms with Crippen molar-refractivity contribution in [1.82, 2.24) is 14.8 Å². The van der Waals surface area contributed by atoms with Crippen molar-refractivity contribution in [3.05, 3.63) is 52.8 Å². The fourth-order valence-corrected chi connectivity index (χ4v) is 2.45.